The van der Waals surface area contributed by atoms with E-state index in [2.05, 4.69) is 5.32 Å². The summed E-state index contributed by atoms with van der Waals surface area (Å²) in [5.74, 6) is -1.18. The van der Waals surface area contributed by atoms with Gasteiger partial charge in [0.15, 0.2) is 11.5 Å². The average molecular weight is 307 g/mol. The molecule has 4 nitrogen and oxygen atoms in total. The van der Waals surface area contributed by atoms with Crippen LogP contribution in [-0.4, -0.2) is 19.6 Å². The first-order valence-corrected chi connectivity index (χ1v) is 6.62. The van der Waals surface area contributed by atoms with Crippen LogP contribution in [0.2, 0.25) is 0 Å². The molecule has 0 aromatic heterocycles. The Hall–Kier alpha value is -2.63. The minimum Gasteiger partial charge on any atom is -0.493 e. The highest BCUT2D eigenvalue weighted by Crippen LogP contribution is 2.28. The van der Waals surface area contributed by atoms with Crippen molar-refractivity contribution in [3.05, 3.63) is 53.6 Å². The van der Waals surface area contributed by atoms with E-state index in [-0.39, 0.29) is 11.3 Å². The second-order valence-electron chi connectivity index (χ2n) is 4.38. The largest absolute Gasteiger partial charge is 0.493 e. The lowest BCUT2D eigenvalue weighted by Crippen LogP contribution is -2.13. The minimum atomic E-state index is -0.841. The molecular weight excluding hydrogens is 292 g/mol. The molecule has 0 radical (unpaired) electrons. The summed E-state index contributed by atoms with van der Waals surface area (Å²) < 4.78 is 36.9. The number of amides is 1. The fourth-order valence-electron chi connectivity index (χ4n) is 1.87. The number of nitrogens with one attached hydrogen (secondary N) is 1. The van der Waals surface area contributed by atoms with E-state index in [1.54, 1.807) is 6.07 Å². The van der Waals surface area contributed by atoms with Crippen molar-refractivity contribution < 1.29 is 23.0 Å². The highest BCUT2D eigenvalue weighted by atomic mass is 19.1. The summed E-state index contributed by atoms with van der Waals surface area (Å²) in [6.07, 6.45) is 0. The van der Waals surface area contributed by atoms with Crippen LogP contribution in [0.3, 0.4) is 0 Å². The predicted octanol–water partition coefficient (Wildman–Crippen LogP) is 3.62. The lowest BCUT2D eigenvalue weighted by atomic mass is 10.1. The van der Waals surface area contributed by atoms with Gasteiger partial charge in [-0.3, -0.25) is 4.79 Å². The predicted molar refractivity (Wildman–Crippen MR) is 78.5 cm³/mol. The van der Waals surface area contributed by atoms with Gasteiger partial charge in [0.2, 0.25) is 0 Å². The van der Waals surface area contributed by atoms with Gasteiger partial charge in [-0.25, -0.2) is 8.78 Å². The Morgan fingerprint density at radius 3 is 2.55 bits per heavy atom. The van der Waals surface area contributed by atoms with Crippen LogP contribution in [0.1, 0.15) is 17.3 Å². The van der Waals surface area contributed by atoms with Gasteiger partial charge in [0, 0.05) is 11.6 Å². The van der Waals surface area contributed by atoms with Crippen molar-refractivity contribution >= 4 is 11.6 Å². The monoisotopic (exact) mass is 307 g/mol. The van der Waals surface area contributed by atoms with Crippen LogP contribution in [0, 0.1) is 11.6 Å². The lowest BCUT2D eigenvalue weighted by Gasteiger charge is -2.11. The molecule has 2 aromatic carbocycles. The van der Waals surface area contributed by atoms with Gasteiger partial charge in [0.05, 0.1) is 19.4 Å². The fraction of sp³-hybridized carbons (Fsp3) is 0.188. The van der Waals surface area contributed by atoms with Crippen molar-refractivity contribution in [2.45, 2.75) is 6.92 Å². The zero-order valence-corrected chi connectivity index (χ0v) is 12.2. The highest BCUT2D eigenvalue weighted by Gasteiger charge is 2.13. The number of methoxy groups -OCH3 is 1. The first kappa shape index (κ1) is 15.8. The second kappa shape index (κ2) is 6.89. The molecule has 0 fully saturated rings. The van der Waals surface area contributed by atoms with E-state index in [1.165, 1.54) is 19.2 Å². The molecule has 1 amide bonds. The van der Waals surface area contributed by atoms with Crippen molar-refractivity contribution in [3.63, 3.8) is 0 Å². The number of carbonyl (C=O) groups excluding carboxylic acids is 1. The van der Waals surface area contributed by atoms with Gasteiger partial charge in [0.25, 0.3) is 5.91 Å². The summed E-state index contributed by atoms with van der Waals surface area (Å²) in [5, 5.41) is 2.38. The molecule has 0 bridgehead atoms. The SMILES string of the molecule is CCOc1ccc(C(=O)Nc2ccc(F)cc2F)cc1OC. The Morgan fingerprint density at radius 2 is 1.91 bits per heavy atom. The summed E-state index contributed by atoms with van der Waals surface area (Å²) in [7, 11) is 1.46. The van der Waals surface area contributed by atoms with Crippen molar-refractivity contribution in [1.82, 2.24) is 0 Å². The topological polar surface area (TPSA) is 47.6 Å². The lowest BCUT2D eigenvalue weighted by molar-refractivity contribution is 0.102. The average Bonchev–Trinajstić information content (AvgIpc) is 2.50. The van der Waals surface area contributed by atoms with Crippen LogP contribution in [0.5, 0.6) is 11.5 Å². The van der Waals surface area contributed by atoms with Crippen molar-refractivity contribution in [2.24, 2.45) is 0 Å². The standard InChI is InChI=1S/C16H15F2NO3/c1-3-22-14-7-4-10(8-15(14)21-2)16(20)19-13-6-5-11(17)9-12(13)18/h4-9H,3H2,1-2H3,(H,19,20). The van der Waals surface area contributed by atoms with E-state index in [1.807, 2.05) is 6.92 Å². The van der Waals surface area contributed by atoms with Gasteiger partial charge in [-0.15, -0.1) is 0 Å². The van der Waals surface area contributed by atoms with Crippen molar-refractivity contribution in [1.29, 1.82) is 0 Å². The van der Waals surface area contributed by atoms with Gasteiger partial charge < -0.3 is 14.8 Å². The Bertz CT molecular complexity index is 689. The second-order valence-corrected chi connectivity index (χ2v) is 4.38. The normalized spacial score (nSPS) is 10.2. The van der Waals surface area contributed by atoms with Gasteiger partial charge in [-0.1, -0.05) is 0 Å². The molecular formula is C16H15F2NO3. The number of halogens is 2. The molecule has 0 unspecified atom stereocenters. The van der Waals surface area contributed by atoms with Crippen molar-refractivity contribution in [2.75, 3.05) is 19.0 Å². The Labute approximate surface area is 126 Å². The molecule has 0 aliphatic rings. The first-order valence-electron chi connectivity index (χ1n) is 6.62. The van der Waals surface area contributed by atoms with Crippen LogP contribution < -0.4 is 14.8 Å². The molecule has 6 heteroatoms. The Kier molecular flexibility index (Phi) is 4.93. The number of carbonyl (C=O) groups is 1. The van der Waals surface area contributed by atoms with Crippen molar-refractivity contribution in [3.8, 4) is 11.5 Å². The summed E-state index contributed by atoms with van der Waals surface area (Å²) >= 11 is 0. The molecule has 2 aromatic rings. The summed E-state index contributed by atoms with van der Waals surface area (Å²) in [5.41, 5.74) is 0.170. The zero-order chi connectivity index (χ0) is 16.1. The minimum absolute atomic E-state index is 0.0979. The number of benzene rings is 2. The quantitative estimate of drug-likeness (QED) is 0.917. The fourth-order valence-corrected chi connectivity index (χ4v) is 1.87. The zero-order valence-electron chi connectivity index (χ0n) is 12.2. The molecule has 0 heterocycles. The van der Waals surface area contributed by atoms with Crippen LogP contribution in [0.15, 0.2) is 36.4 Å². The molecule has 1 N–H and O–H groups in total. The molecule has 0 spiro atoms. The third-order valence-electron chi connectivity index (χ3n) is 2.90. The van der Waals surface area contributed by atoms with E-state index in [0.717, 1.165) is 12.1 Å². The van der Waals surface area contributed by atoms with Gasteiger partial charge in [-0.05, 0) is 37.3 Å². The Balaban J connectivity index is 2.22. The maximum Gasteiger partial charge on any atom is 0.255 e. The van der Waals surface area contributed by atoms with Gasteiger partial charge in [0.1, 0.15) is 11.6 Å². The number of ether oxygens (including phenoxy) is 2. The number of rotatable bonds is 5. The summed E-state index contributed by atoms with van der Waals surface area (Å²) in [4.78, 5) is 12.1. The van der Waals surface area contributed by atoms with Crippen LogP contribution >= 0.6 is 0 Å². The highest BCUT2D eigenvalue weighted by molar-refractivity contribution is 6.04. The molecule has 0 aliphatic heterocycles. The van der Waals surface area contributed by atoms with Gasteiger partial charge in [-0.2, -0.15) is 0 Å². The number of anilines is 1. The third kappa shape index (κ3) is 3.52. The van der Waals surface area contributed by atoms with Gasteiger partial charge >= 0.3 is 0 Å². The number of hydrogen-bond acceptors (Lipinski definition) is 3. The van der Waals surface area contributed by atoms with E-state index >= 15 is 0 Å². The first-order chi connectivity index (χ1) is 10.5. The summed E-state index contributed by atoms with van der Waals surface area (Å²) in [6.45, 7) is 2.29. The molecule has 2 rings (SSSR count). The maximum atomic E-state index is 13.5. The molecule has 116 valence electrons. The molecule has 22 heavy (non-hydrogen) atoms. The number of hydrogen-bond donors (Lipinski definition) is 1. The van der Waals surface area contributed by atoms with E-state index in [0.29, 0.717) is 24.2 Å². The van der Waals surface area contributed by atoms with E-state index in [4.69, 9.17) is 9.47 Å². The van der Waals surface area contributed by atoms with Crippen LogP contribution in [-0.2, 0) is 0 Å². The third-order valence-corrected chi connectivity index (χ3v) is 2.90. The summed E-state index contributed by atoms with van der Waals surface area (Å²) in [6, 6.07) is 7.55. The molecule has 0 atom stereocenters. The Morgan fingerprint density at radius 1 is 1.14 bits per heavy atom. The van der Waals surface area contributed by atoms with Crippen LogP contribution in [0.25, 0.3) is 0 Å². The maximum absolute atomic E-state index is 13.5. The van der Waals surface area contributed by atoms with Crippen LogP contribution in [0.4, 0.5) is 14.5 Å². The molecule has 0 aliphatic carbocycles. The smallest absolute Gasteiger partial charge is 0.255 e. The molecule has 0 saturated carbocycles. The molecule has 0 saturated heterocycles. The van der Waals surface area contributed by atoms with E-state index < -0.39 is 17.5 Å². The van der Waals surface area contributed by atoms with E-state index in [9.17, 15) is 13.6 Å².